The Hall–Kier alpha value is -1.37. The van der Waals surface area contributed by atoms with Crippen LogP contribution in [-0.4, -0.2) is 53.3 Å². The number of nitrogens with zero attached hydrogens (tertiary/aromatic N) is 2. The number of benzene rings is 1. The van der Waals surface area contributed by atoms with Crippen LogP contribution in [-0.2, 0) is 0 Å². The van der Waals surface area contributed by atoms with Gasteiger partial charge in [0.2, 0.25) is 0 Å². The molecule has 20 heavy (non-hydrogen) atoms. The predicted octanol–water partition coefficient (Wildman–Crippen LogP) is 1.19. The standard InChI is InChI=1S/C13H15N3O2S.ClH/c17-12(18)9-1-3-10(4-2-9)16-8-11-7-14-5-6-15(11)13(16)19;/h1-4,11,14H,5-8H2,(H,17,18);1H. The summed E-state index contributed by atoms with van der Waals surface area (Å²) in [5.74, 6) is -0.905. The number of halogens is 1. The fraction of sp³-hybridized carbons (Fsp3) is 0.385. The van der Waals surface area contributed by atoms with E-state index in [2.05, 4.69) is 15.1 Å². The number of hydrogen-bond donors (Lipinski definition) is 2. The van der Waals surface area contributed by atoms with E-state index >= 15 is 0 Å². The van der Waals surface area contributed by atoms with Crippen LogP contribution in [0.25, 0.3) is 0 Å². The van der Waals surface area contributed by atoms with Gasteiger partial charge in [0.1, 0.15) is 0 Å². The summed E-state index contributed by atoms with van der Waals surface area (Å²) < 4.78 is 0. The third-order valence-electron chi connectivity index (χ3n) is 3.65. The normalized spacial score (nSPS) is 21.4. The van der Waals surface area contributed by atoms with Crippen molar-refractivity contribution in [3.63, 3.8) is 0 Å². The molecule has 1 aromatic carbocycles. The molecule has 2 fully saturated rings. The number of carbonyl (C=O) groups is 1. The summed E-state index contributed by atoms with van der Waals surface area (Å²) in [6, 6.07) is 7.30. The second kappa shape index (κ2) is 5.95. The molecule has 3 rings (SSSR count). The van der Waals surface area contributed by atoms with E-state index < -0.39 is 5.97 Å². The maximum absolute atomic E-state index is 10.8. The number of carboxylic acids is 1. The van der Waals surface area contributed by atoms with Crippen molar-refractivity contribution in [3.05, 3.63) is 29.8 Å². The van der Waals surface area contributed by atoms with Gasteiger partial charge in [-0.05, 0) is 36.5 Å². The Labute approximate surface area is 129 Å². The summed E-state index contributed by atoms with van der Waals surface area (Å²) in [7, 11) is 0. The first kappa shape index (κ1) is 15.0. The predicted molar refractivity (Wildman–Crippen MR) is 84.0 cm³/mol. The van der Waals surface area contributed by atoms with Crippen LogP contribution in [0.1, 0.15) is 10.4 Å². The van der Waals surface area contributed by atoms with E-state index in [0.717, 1.165) is 37.0 Å². The average molecular weight is 314 g/mol. The minimum atomic E-state index is -0.905. The van der Waals surface area contributed by atoms with E-state index in [0.29, 0.717) is 11.6 Å². The Balaban J connectivity index is 0.00000147. The Bertz CT molecular complexity index is 523. The minimum absolute atomic E-state index is 0. The number of carboxylic acid groups (broad SMARTS) is 1. The van der Waals surface area contributed by atoms with Crippen LogP contribution < -0.4 is 10.2 Å². The highest BCUT2D eigenvalue weighted by atomic mass is 35.5. The van der Waals surface area contributed by atoms with Crippen molar-refractivity contribution in [2.75, 3.05) is 31.1 Å². The monoisotopic (exact) mass is 313 g/mol. The van der Waals surface area contributed by atoms with Gasteiger partial charge in [0.15, 0.2) is 5.11 Å². The topological polar surface area (TPSA) is 55.8 Å². The molecule has 0 amide bonds. The van der Waals surface area contributed by atoms with Crippen LogP contribution in [0.4, 0.5) is 5.69 Å². The Morgan fingerprint density at radius 2 is 2.05 bits per heavy atom. The zero-order chi connectivity index (χ0) is 13.4. The van der Waals surface area contributed by atoms with Crippen LogP contribution in [0.3, 0.4) is 0 Å². The highest BCUT2D eigenvalue weighted by Gasteiger charge is 2.36. The number of thiocarbonyl (C=S) groups is 1. The first-order valence-corrected chi connectivity index (χ1v) is 6.70. The molecule has 1 unspecified atom stereocenters. The summed E-state index contributed by atoms with van der Waals surface area (Å²) in [5.41, 5.74) is 1.26. The maximum Gasteiger partial charge on any atom is 0.335 e. The van der Waals surface area contributed by atoms with Crippen LogP contribution in [0.15, 0.2) is 24.3 Å². The first-order valence-electron chi connectivity index (χ1n) is 6.29. The van der Waals surface area contributed by atoms with Gasteiger partial charge in [-0.1, -0.05) is 0 Å². The number of anilines is 1. The lowest BCUT2D eigenvalue weighted by atomic mass is 10.2. The summed E-state index contributed by atoms with van der Waals surface area (Å²) in [6.07, 6.45) is 0. The molecule has 0 saturated carbocycles. The molecule has 2 saturated heterocycles. The van der Waals surface area contributed by atoms with Gasteiger partial charge >= 0.3 is 5.97 Å². The second-order valence-electron chi connectivity index (χ2n) is 4.80. The van der Waals surface area contributed by atoms with Crippen LogP contribution in [0.2, 0.25) is 0 Å². The van der Waals surface area contributed by atoms with E-state index in [4.69, 9.17) is 17.3 Å². The number of rotatable bonds is 2. The molecule has 2 N–H and O–H groups in total. The molecule has 7 heteroatoms. The third kappa shape index (κ3) is 2.59. The van der Waals surface area contributed by atoms with Gasteiger partial charge in [-0.3, -0.25) is 0 Å². The number of hydrogen-bond acceptors (Lipinski definition) is 3. The zero-order valence-corrected chi connectivity index (χ0v) is 12.4. The van der Waals surface area contributed by atoms with Gasteiger partial charge in [0.05, 0.1) is 11.6 Å². The first-order chi connectivity index (χ1) is 9.16. The fourth-order valence-electron chi connectivity index (χ4n) is 2.62. The molecule has 2 heterocycles. The van der Waals surface area contributed by atoms with Crippen molar-refractivity contribution in [2.24, 2.45) is 0 Å². The fourth-order valence-corrected chi connectivity index (χ4v) is 3.04. The summed E-state index contributed by atoms with van der Waals surface area (Å²) in [5, 5.41) is 13.1. The lowest BCUT2D eigenvalue weighted by Crippen LogP contribution is -2.49. The van der Waals surface area contributed by atoms with Crippen molar-refractivity contribution in [1.82, 2.24) is 10.2 Å². The lowest BCUT2D eigenvalue weighted by Gasteiger charge is -2.30. The van der Waals surface area contributed by atoms with E-state index in [1.54, 1.807) is 12.1 Å². The molecule has 108 valence electrons. The smallest absolute Gasteiger partial charge is 0.335 e. The Morgan fingerprint density at radius 3 is 2.65 bits per heavy atom. The molecule has 5 nitrogen and oxygen atoms in total. The highest BCUT2D eigenvalue weighted by Crippen LogP contribution is 2.25. The molecule has 2 aliphatic heterocycles. The molecule has 2 aliphatic rings. The lowest BCUT2D eigenvalue weighted by molar-refractivity contribution is 0.0697. The molecule has 1 aromatic rings. The van der Waals surface area contributed by atoms with Crippen molar-refractivity contribution < 1.29 is 9.90 Å². The van der Waals surface area contributed by atoms with Gasteiger partial charge < -0.3 is 20.2 Å². The SMILES string of the molecule is Cl.O=C(O)c1ccc(N2CC3CNCCN3C2=S)cc1. The van der Waals surface area contributed by atoms with Crippen molar-refractivity contribution in [2.45, 2.75) is 6.04 Å². The average Bonchev–Trinajstić information content (AvgIpc) is 2.77. The number of piperazine rings is 1. The second-order valence-corrected chi connectivity index (χ2v) is 5.16. The number of aromatic carboxylic acids is 1. The number of fused-ring (bicyclic) bond motifs is 1. The molecule has 0 radical (unpaired) electrons. The highest BCUT2D eigenvalue weighted by molar-refractivity contribution is 7.80. The molecule has 0 aliphatic carbocycles. The third-order valence-corrected chi connectivity index (χ3v) is 4.10. The molecule has 0 aromatic heterocycles. The van der Waals surface area contributed by atoms with E-state index in [1.807, 2.05) is 12.1 Å². The zero-order valence-electron chi connectivity index (χ0n) is 10.8. The summed E-state index contributed by atoms with van der Waals surface area (Å²) >= 11 is 5.51. The molecule has 0 spiro atoms. The van der Waals surface area contributed by atoms with Crippen molar-refractivity contribution >= 4 is 41.4 Å². The van der Waals surface area contributed by atoms with E-state index in [1.165, 1.54) is 0 Å². The largest absolute Gasteiger partial charge is 0.478 e. The van der Waals surface area contributed by atoms with Crippen LogP contribution in [0, 0.1) is 0 Å². The van der Waals surface area contributed by atoms with E-state index in [-0.39, 0.29) is 12.4 Å². The van der Waals surface area contributed by atoms with Gasteiger partial charge in [0, 0.05) is 31.9 Å². The minimum Gasteiger partial charge on any atom is -0.478 e. The van der Waals surface area contributed by atoms with Gasteiger partial charge in [0.25, 0.3) is 0 Å². The Kier molecular flexibility index (Phi) is 4.47. The Morgan fingerprint density at radius 1 is 1.35 bits per heavy atom. The summed E-state index contributed by atoms with van der Waals surface area (Å²) in [6.45, 7) is 3.71. The van der Waals surface area contributed by atoms with Crippen LogP contribution in [0.5, 0.6) is 0 Å². The van der Waals surface area contributed by atoms with Crippen LogP contribution >= 0.6 is 24.6 Å². The van der Waals surface area contributed by atoms with Gasteiger partial charge in [-0.25, -0.2) is 4.79 Å². The molecule has 0 bridgehead atoms. The molecule has 1 atom stereocenters. The molecular formula is C13H16ClN3O2S. The maximum atomic E-state index is 10.8. The number of nitrogens with one attached hydrogen (secondary N) is 1. The molecular weight excluding hydrogens is 298 g/mol. The van der Waals surface area contributed by atoms with Crippen molar-refractivity contribution in [3.8, 4) is 0 Å². The van der Waals surface area contributed by atoms with Gasteiger partial charge in [-0.15, -0.1) is 12.4 Å². The van der Waals surface area contributed by atoms with Gasteiger partial charge in [-0.2, -0.15) is 0 Å². The summed E-state index contributed by atoms with van der Waals surface area (Å²) in [4.78, 5) is 15.2. The van der Waals surface area contributed by atoms with Crippen molar-refractivity contribution in [1.29, 1.82) is 0 Å². The quantitative estimate of drug-likeness (QED) is 0.800. The van der Waals surface area contributed by atoms with E-state index in [9.17, 15) is 4.79 Å².